The summed E-state index contributed by atoms with van der Waals surface area (Å²) in [5.74, 6) is 1.41. The van der Waals surface area contributed by atoms with E-state index in [2.05, 4.69) is 5.48 Å². The zero-order valence-corrected chi connectivity index (χ0v) is 9.80. The first-order chi connectivity index (χ1) is 7.74. The van der Waals surface area contributed by atoms with Crippen LogP contribution in [0.1, 0.15) is 17.5 Å². The molecule has 0 spiro atoms. The number of halogens is 1. The molecule has 1 aromatic carbocycles. The second-order valence-electron chi connectivity index (χ2n) is 3.67. The Labute approximate surface area is 99.1 Å². The summed E-state index contributed by atoms with van der Waals surface area (Å²) in [6.07, 6.45) is 0.860. The fraction of sp³-hybridized carbons (Fsp3) is 0.455. The molecule has 0 aliphatic carbocycles. The van der Waals surface area contributed by atoms with Gasteiger partial charge < -0.3 is 14.7 Å². The molecule has 0 saturated carbocycles. The van der Waals surface area contributed by atoms with E-state index < -0.39 is 0 Å². The van der Waals surface area contributed by atoms with Crippen molar-refractivity contribution in [3.05, 3.63) is 22.2 Å². The first-order valence-electron chi connectivity index (χ1n) is 5.18. The zero-order chi connectivity index (χ0) is 11.5. The topological polar surface area (TPSA) is 50.7 Å². The Morgan fingerprint density at radius 2 is 2.19 bits per heavy atom. The average molecular weight is 244 g/mol. The molecule has 0 saturated heterocycles. The summed E-state index contributed by atoms with van der Waals surface area (Å²) in [4.78, 5) is 0. The highest BCUT2D eigenvalue weighted by atomic mass is 35.5. The lowest BCUT2D eigenvalue weighted by atomic mass is 10.1. The van der Waals surface area contributed by atoms with Crippen LogP contribution >= 0.6 is 11.6 Å². The molecule has 0 aromatic heterocycles. The van der Waals surface area contributed by atoms with Crippen LogP contribution in [0, 0.1) is 6.92 Å². The SMILES string of the molecule is Cc1c(CNO)c(Cl)cc2c1OCCCO2. The lowest BCUT2D eigenvalue weighted by molar-refractivity contribution is 0.161. The third-order valence-corrected chi connectivity index (χ3v) is 2.95. The van der Waals surface area contributed by atoms with Crippen molar-refractivity contribution in [2.45, 2.75) is 19.9 Å². The second kappa shape index (κ2) is 4.91. The van der Waals surface area contributed by atoms with Crippen LogP contribution in [0.5, 0.6) is 11.5 Å². The van der Waals surface area contributed by atoms with Gasteiger partial charge in [-0.25, -0.2) is 5.48 Å². The lowest BCUT2D eigenvalue weighted by Crippen LogP contribution is -2.09. The molecular formula is C11H14ClNO3. The van der Waals surface area contributed by atoms with Crippen molar-refractivity contribution in [2.75, 3.05) is 13.2 Å². The van der Waals surface area contributed by atoms with E-state index in [0.29, 0.717) is 30.5 Å². The molecule has 0 bridgehead atoms. The predicted octanol–water partition coefficient (Wildman–Crippen LogP) is 2.29. The molecule has 5 heteroatoms. The van der Waals surface area contributed by atoms with E-state index in [1.165, 1.54) is 0 Å². The highest BCUT2D eigenvalue weighted by Gasteiger charge is 2.18. The molecule has 0 radical (unpaired) electrons. The highest BCUT2D eigenvalue weighted by molar-refractivity contribution is 6.31. The molecule has 1 heterocycles. The van der Waals surface area contributed by atoms with Crippen LogP contribution in [0.4, 0.5) is 0 Å². The normalized spacial score (nSPS) is 14.7. The van der Waals surface area contributed by atoms with Gasteiger partial charge in [0.15, 0.2) is 11.5 Å². The van der Waals surface area contributed by atoms with Gasteiger partial charge in [-0.3, -0.25) is 0 Å². The summed E-state index contributed by atoms with van der Waals surface area (Å²) in [6.45, 7) is 3.48. The molecule has 0 amide bonds. The van der Waals surface area contributed by atoms with E-state index in [4.69, 9.17) is 26.3 Å². The third kappa shape index (κ3) is 2.09. The van der Waals surface area contributed by atoms with Crippen LogP contribution in [0.15, 0.2) is 6.07 Å². The second-order valence-corrected chi connectivity index (χ2v) is 4.08. The highest BCUT2D eigenvalue weighted by Crippen LogP contribution is 2.39. The number of rotatable bonds is 2. The maximum absolute atomic E-state index is 8.75. The molecule has 1 aliphatic heterocycles. The summed E-state index contributed by atoms with van der Waals surface area (Å²) >= 11 is 6.11. The smallest absolute Gasteiger partial charge is 0.164 e. The fourth-order valence-electron chi connectivity index (χ4n) is 1.77. The molecule has 16 heavy (non-hydrogen) atoms. The zero-order valence-electron chi connectivity index (χ0n) is 9.05. The maximum atomic E-state index is 8.75. The molecule has 0 atom stereocenters. The van der Waals surface area contributed by atoms with Crippen molar-refractivity contribution < 1.29 is 14.7 Å². The molecule has 2 rings (SSSR count). The van der Waals surface area contributed by atoms with Gasteiger partial charge in [-0.15, -0.1) is 0 Å². The Hall–Kier alpha value is -0.970. The van der Waals surface area contributed by atoms with Gasteiger partial charge in [0.25, 0.3) is 0 Å². The molecule has 88 valence electrons. The first kappa shape index (κ1) is 11.5. The van der Waals surface area contributed by atoms with Crippen molar-refractivity contribution in [1.29, 1.82) is 0 Å². The minimum Gasteiger partial charge on any atom is -0.489 e. The van der Waals surface area contributed by atoms with Gasteiger partial charge in [-0.2, -0.15) is 0 Å². The van der Waals surface area contributed by atoms with Gasteiger partial charge in [0, 0.05) is 29.6 Å². The molecule has 1 aromatic rings. The van der Waals surface area contributed by atoms with Crippen LogP contribution in [0.2, 0.25) is 5.02 Å². The van der Waals surface area contributed by atoms with Gasteiger partial charge in [-0.1, -0.05) is 11.6 Å². The molecule has 0 unspecified atom stereocenters. The summed E-state index contributed by atoms with van der Waals surface area (Å²) in [5, 5.41) is 9.32. The Balaban J connectivity index is 2.47. The van der Waals surface area contributed by atoms with Crippen molar-refractivity contribution in [3.63, 3.8) is 0 Å². The van der Waals surface area contributed by atoms with Gasteiger partial charge >= 0.3 is 0 Å². The molecule has 0 fully saturated rings. The fourth-order valence-corrected chi connectivity index (χ4v) is 2.07. The van der Waals surface area contributed by atoms with Crippen molar-refractivity contribution in [2.24, 2.45) is 0 Å². The number of benzene rings is 1. The van der Waals surface area contributed by atoms with Gasteiger partial charge in [-0.05, 0) is 12.5 Å². The van der Waals surface area contributed by atoms with E-state index in [1.807, 2.05) is 6.92 Å². The van der Waals surface area contributed by atoms with Crippen molar-refractivity contribution in [3.8, 4) is 11.5 Å². The largest absolute Gasteiger partial charge is 0.489 e. The monoisotopic (exact) mass is 243 g/mol. The average Bonchev–Trinajstić information content (AvgIpc) is 2.49. The van der Waals surface area contributed by atoms with Crippen LogP contribution < -0.4 is 15.0 Å². The summed E-state index contributed by atoms with van der Waals surface area (Å²) in [5.41, 5.74) is 3.84. The number of fused-ring (bicyclic) bond motifs is 1. The minimum absolute atomic E-state index is 0.293. The molecule has 2 N–H and O–H groups in total. The number of hydrogen-bond donors (Lipinski definition) is 2. The van der Waals surface area contributed by atoms with Gasteiger partial charge in [0.1, 0.15) is 0 Å². The number of ether oxygens (including phenoxy) is 2. The van der Waals surface area contributed by atoms with E-state index in [-0.39, 0.29) is 0 Å². The van der Waals surface area contributed by atoms with E-state index in [9.17, 15) is 0 Å². The standard InChI is InChI=1S/C11H14ClNO3/c1-7-8(6-13-14)9(12)5-10-11(7)16-4-2-3-15-10/h5,13-14H,2-4,6H2,1H3. The third-order valence-electron chi connectivity index (χ3n) is 2.61. The van der Waals surface area contributed by atoms with Gasteiger partial charge in [0.05, 0.1) is 13.2 Å². The van der Waals surface area contributed by atoms with E-state index in [1.54, 1.807) is 6.07 Å². The Bertz CT molecular complexity index is 395. The Morgan fingerprint density at radius 3 is 2.94 bits per heavy atom. The van der Waals surface area contributed by atoms with E-state index >= 15 is 0 Å². The van der Waals surface area contributed by atoms with Crippen LogP contribution in [0.3, 0.4) is 0 Å². The predicted molar refractivity (Wildman–Crippen MR) is 60.4 cm³/mol. The quantitative estimate of drug-likeness (QED) is 0.783. The number of hydrogen-bond acceptors (Lipinski definition) is 4. The summed E-state index contributed by atoms with van der Waals surface area (Å²) < 4.78 is 11.2. The maximum Gasteiger partial charge on any atom is 0.164 e. The molecule has 1 aliphatic rings. The lowest BCUT2D eigenvalue weighted by Gasteiger charge is -2.15. The Morgan fingerprint density at radius 1 is 1.44 bits per heavy atom. The summed E-state index contributed by atoms with van der Waals surface area (Å²) in [6, 6.07) is 1.74. The minimum atomic E-state index is 0.293. The van der Waals surface area contributed by atoms with Gasteiger partial charge in [0.2, 0.25) is 0 Å². The van der Waals surface area contributed by atoms with Crippen LogP contribution in [-0.2, 0) is 6.54 Å². The first-order valence-corrected chi connectivity index (χ1v) is 5.56. The van der Waals surface area contributed by atoms with Crippen LogP contribution in [0.25, 0.3) is 0 Å². The Kier molecular flexibility index (Phi) is 3.53. The van der Waals surface area contributed by atoms with Crippen molar-refractivity contribution in [1.82, 2.24) is 5.48 Å². The molecule has 4 nitrogen and oxygen atoms in total. The van der Waals surface area contributed by atoms with E-state index in [0.717, 1.165) is 23.3 Å². The number of hydroxylamine groups is 1. The molecular weight excluding hydrogens is 230 g/mol. The summed E-state index contributed by atoms with van der Waals surface area (Å²) in [7, 11) is 0. The van der Waals surface area contributed by atoms with Crippen molar-refractivity contribution >= 4 is 11.6 Å². The van der Waals surface area contributed by atoms with Crippen LogP contribution in [-0.4, -0.2) is 18.4 Å². The number of nitrogens with one attached hydrogen (secondary N) is 1.